The van der Waals surface area contributed by atoms with Gasteiger partial charge in [-0.2, -0.15) is 0 Å². The van der Waals surface area contributed by atoms with Gasteiger partial charge >= 0.3 is 0 Å². The highest BCUT2D eigenvalue weighted by Gasteiger charge is 2.21. The maximum Gasteiger partial charge on any atom is 0.238 e. The number of nitrogens with one attached hydrogen (secondary N) is 3. The van der Waals surface area contributed by atoms with Crippen molar-refractivity contribution in [2.75, 3.05) is 19.6 Å². The molecule has 2 rings (SSSR count). The molecule has 1 heterocycles. The van der Waals surface area contributed by atoms with Crippen molar-refractivity contribution in [2.24, 2.45) is 0 Å². The van der Waals surface area contributed by atoms with Gasteiger partial charge in [-0.3, -0.25) is 4.79 Å². The van der Waals surface area contributed by atoms with Crippen LogP contribution in [0.3, 0.4) is 0 Å². The van der Waals surface area contributed by atoms with Crippen LogP contribution in [0.1, 0.15) is 24.1 Å². The lowest BCUT2D eigenvalue weighted by Crippen LogP contribution is -2.55. The first-order chi connectivity index (χ1) is 8.66. The molecule has 1 aliphatic rings. The normalized spacial score (nSPS) is 21.3. The van der Waals surface area contributed by atoms with E-state index in [9.17, 15) is 4.79 Å². The van der Waals surface area contributed by atoms with Crippen LogP contribution in [0.2, 0.25) is 0 Å². The molecule has 1 aromatic rings. The topological polar surface area (TPSA) is 53.2 Å². The van der Waals surface area contributed by atoms with Gasteiger partial charge in [-0.1, -0.05) is 29.8 Å². The van der Waals surface area contributed by atoms with Crippen LogP contribution in [-0.2, 0) is 4.79 Å². The van der Waals surface area contributed by atoms with Crippen LogP contribution in [0.15, 0.2) is 24.3 Å². The molecule has 0 aromatic heterocycles. The van der Waals surface area contributed by atoms with Crippen LogP contribution in [-0.4, -0.2) is 31.6 Å². The minimum atomic E-state index is -0.119. The molecular weight excluding hydrogens is 226 g/mol. The van der Waals surface area contributed by atoms with E-state index in [-0.39, 0.29) is 18.0 Å². The fourth-order valence-corrected chi connectivity index (χ4v) is 2.09. The van der Waals surface area contributed by atoms with Gasteiger partial charge in [0.25, 0.3) is 0 Å². The van der Waals surface area contributed by atoms with E-state index in [1.165, 1.54) is 5.56 Å². The lowest BCUT2D eigenvalue weighted by molar-refractivity contribution is -0.124. The minimum Gasteiger partial charge on any atom is -0.348 e. The first kappa shape index (κ1) is 13.1. The number of piperazine rings is 1. The maximum atomic E-state index is 12.0. The Kier molecular flexibility index (Phi) is 4.33. The van der Waals surface area contributed by atoms with E-state index in [1.807, 2.05) is 6.92 Å². The average molecular weight is 247 g/mol. The van der Waals surface area contributed by atoms with E-state index >= 15 is 0 Å². The first-order valence-electron chi connectivity index (χ1n) is 6.48. The zero-order valence-electron chi connectivity index (χ0n) is 11.0. The number of carbonyl (C=O) groups excluding carboxylic acids is 1. The lowest BCUT2D eigenvalue weighted by Gasteiger charge is -2.25. The molecule has 2 unspecified atom stereocenters. The number of carbonyl (C=O) groups is 1. The highest BCUT2D eigenvalue weighted by Crippen LogP contribution is 2.13. The zero-order valence-corrected chi connectivity index (χ0v) is 11.0. The summed E-state index contributed by atoms with van der Waals surface area (Å²) in [5.41, 5.74) is 2.37. The Morgan fingerprint density at radius 3 is 2.67 bits per heavy atom. The second kappa shape index (κ2) is 5.98. The number of rotatable bonds is 3. The summed E-state index contributed by atoms with van der Waals surface area (Å²) in [6.07, 6.45) is 0. The molecule has 1 aliphatic heterocycles. The van der Waals surface area contributed by atoms with Gasteiger partial charge in [0.15, 0.2) is 0 Å². The number of hydrogen-bond donors (Lipinski definition) is 3. The molecule has 0 bridgehead atoms. The Hall–Kier alpha value is -1.39. The van der Waals surface area contributed by atoms with E-state index in [2.05, 4.69) is 47.1 Å². The van der Waals surface area contributed by atoms with Crippen LogP contribution >= 0.6 is 0 Å². The smallest absolute Gasteiger partial charge is 0.238 e. The molecule has 4 nitrogen and oxygen atoms in total. The van der Waals surface area contributed by atoms with Gasteiger partial charge in [0.2, 0.25) is 5.91 Å². The zero-order chi connectivity index (χ0) is 13.0. The Labute approximate surface area is 108 Å². The summed E-state index contributed by atoms with van der Waals surface area (Å²) in [6, 6.07) is 8.18. The summed E-state index contributed by atoms with van der Waals surface area (Å²) >= 11 is 0. The van der Waals surface area contributed by atoms with Gasteiger partial charge in [0.1, 0.15) is 0 Å². The molecule has 1 amide bonds. The van der Waals surface area contributed by atoms with Crippen molar-refractivity contribution in [3.05, 3.63) is 35.4 Å². The minimum absolute atomic E-state index is 0.0434. The Morgan fingerprint density at radius 2 is 2.06 bits per heavy atom. The lowest BCUT2D eigenvalue weighted by atomic mass is 10.1. The molecule has 1 fully saturated rings. The molecule has 98 valence electrons. The summed E-state index contributed by atoms with van der Waals surface area (Å²) in [7, 11) is 0. The molecule has 0 saturated carbocycles. The molecule has 0 spiro atoms. The maximum absolute atomic E-state index is 12.0. The largest absolute Gasteiger partial charge is 0.348 e. The van der Waals surface area contributed by atoms with Crippen molar-refractivity contribution in [1.82, 2.24) is 16.0 Å². The third-order valence-corrected chi connectivity index (χ3v) is 3.29. The average Bonchev–Trinajstić information content (AvgIpc) is 2.40. The molecule has 1 aromatic carbocycles. The molecule has 4 heteroatoms. The number of aryl methyl sites for hydroxylation is 1. The predicted molar refractivity (Wildman–Crippen MR) is 72.4 cm³/mol. The van der Waals surface area contributed by atoms with Crippen molar-refractivity contribution in [1.29, 1.82) is 0 Å². The summed E-state index contributed by atoms with van der Waals surface area (Å²) in [5, 5.41) is 9.47. The van der Waals surface area contributed by atoms with Crippen LogP contribution in [0.5, 0.6) is 0 Å². The second-order valence-corrected chi connectivity index (χ2v) is 4.85. The van der Waals surface area contributed by atoms with Crippen LogP contribution in [0.25, 0.3) is 0 Å². The number of benzene rings is 1. The molecule has 0 radical (unpaired) electrons. The Morgan fingerprint density at radius 1 is 1.33 bits per heavy atom. The Balaban J connectivity index is 1.91. The summed E-state index contributed by atoms with van der Waals surface area (Å²) < 4.78 is 0. The molecule has 1 saturated heterocycles. The van der Waals surface area contributed by atoms with Gasteiger partial charge < -0.3 is 16.0 Å². The standard InChI is InChI=1S/C14H21N3O/c1-10-3-5-12(6-4-10)11(2)17-14(18)13-9-15-7-8-16-13/h3-6,11,13,15-16H,7-9H2,1-2H3,(H,17,18). The van der Waals surface area contributed by atoms with Crippen LogP contribution in [0, 0.1) is 6.92 Å². The van der Waals surface area contributed by atoms with Crippen LogP contribution < -0.4 is 16.0 Å². The van der Waals surface area contributed by atoms with E-state index in [1.54, 1.807) is 0 Å². The highest BCUT2D eigenvalue weighted by atomic mass is 16.2. The predicted octanol–water partition coefficient (Wildman–Crippen LogP) is 0.734. The van der Waals surface area contributed by atoms with Crippen molar-refractivity contribution in [2.45, 2.75) is 25.9 Å². The molecule has 0 aliphatic carbocycles. The quantitative estimate of drug-likeness (QED) is 0.738. The third-order valence-electron chi connectivity index (χ3n) is 3.29. The van der Waals surface area contributed by atoms with Gasteiger partial charge in [0, 0.05) is 19.6 Å². The fourth-order valence-electron chi connectivity index (χ4n) is 2.09. The van der Waals surface area contributed by atoms with Crippen molar-refractivity contribution >= 4 is 5.91 Å². The summed E-state index contributed by atoms with van der Waals surface area (Å²) in [4.78, 5) is 12.0. The number of amides is 1. The summed E-state index contributed by atoms with van der Waals surface area (Å²) in [6.45, 7) is 6.55. The fraction of sp³-hybridized carbons (Fsp3) is 0.500. The van der Waals surface area contributed by atoms with E-state index in [0.29, 0.717) is 6.54 Å². The summed E-state index contributed by atoms with van der Waals surface area (Å²) in [5.74, 6) is 0.0651. The molecular formula is C14H21N3O. The third kappa shape index (κ3) is 3.31. The van der Waals surface area contributed by atoms with Gasteiger partial charge in [-0.15, -0.1) is 0 Å². The van der Waals surface area contributed by atoms with Gasteiger partial charge in [-0.25, -0.2) is 0 Å². The molecule has 3 N–H and O–H groups in total. The Bertz CT molecular complexity index is 396. The van der Waals surface area contributed by atoms with Crippen molar-refractivity contribution < 1.29 is 4.79 Å². The van der Waals surface area contributed by atoms with Crippen molar-refractivity contribution in [3.63, 3.8) is 0 Å². The van der Waals surface area contributed by atoms with Crippen molar-refractivity contribution in [3.8, 4) is 0 Å². The van der Waals surface area contributed by atoms with E-state index in [0.717, 1.165) is 18.7 Å². The van der Waals surface area contributed by atoms with E-state index < -0.39 is 0 Å². The van der Waals surface area contributed by atoms with Crippen LogP contribution in [0.4, 0.5) is 0 Å². The molecule has 2 atom stereocenters. The SMILES string of the molecule is Cc1ccc(C(C)NC(=O)C2CNCCN2)cc1. The highest BCUT2D eigenvalue weighted by molar-refractivity contribution is 5.82. The second-order valence-electron chi connectivity index (χ2n) is 4.85. The number of hydrogen-bond acceptors (Lipinski definition) is 3. The molecule has 18 heavy (non-hydrogen) atoms. The van der Waals surface area contributed by atoms with Gasteiger partial charge in [-0.05, 0) is 19.4 Å². The first-order valence-corrected chi connectivity index (χ1v) is 6.48. The van der Waals surface area contributed by atoms with E-state index in [4.69, 9.17) is 0 Å². The monoisotopic (exact) mass is 247 g/mol. The van der Waals surface area contributed by atoms with Gasteiger partial charge in [0.05, 0.1) is 12.1 Å².